The van der Waals surface area contributed by atoms with Crippen LogP contribution < -0.4 is 5.32 Å². The molecule has 3 atom stereocenters. The van der Waals surface area contributed by atoms with E-state index in [4.69, 9.17) is 0 Å². The number of urea groups is 1. The van der Waals surface area contributed by atoms with Crippen molar-refractivity contribution in [3.05, 3.63) is 131 Å². The zero-order valence-corrected chi connectivity index (χ0v) is 28.1. The number of fused-ring (bicyclic) bond motifs is 4. The standard InChI is InChI=1S/C40H43N5O3/c1-39-21-23-45(24-22-40(37(47)43(2)3,30-11-7-5-8-12-30)31-13-9-6-10-14-31)35(25-29-17-20-33(46)26-34(29)39)36(39)44(4)38(48)42-32-18-15-28(27-41)16-19-32/h5-20,26,35-36,46H,21-25H2,1-4H3,(H,42,48)/t35-,36-,39+/m1/s1. The molecule has 246 valence electrons. The van der Waals surface area contributed by atoms with Crippen LogP contribution in [0.4, 0.5) is 10.5 Å². The van der Waals surface area contributed by atoms with Crippen molar-refractivity contribution in [1.29, 1.82) is 5.26 Å². The Morgan fingerprint density at radius 1 is 0.958 bits per heavy atom. The molecule has 1 heterocycles. The van der Waals surface area contributed by atoms with Gasteiger partial charge in [0.1, 0.15) is 11.2 Å². The number of likely N-dealkylation sites (N-methyl/N-ethyl adjacent to an activating group) is 2. The van der Waals surface area contributed by atoms with Crippen LogP contribution in [0, 0.1) is 11.3 Å². The highest BCUT2D eigenvalue weighted by Crippen LogP contribution is 2.48. The summed E-state index contributed by atoms with van der Waals surface area (Å²) in [5.74, 6) is 0.249. The highest BCUT2D eigenvalue weighted by atomic mass is 16.3. The fourth-order valence-electron chi connectivity index (χ4n) is 8.22. The molecule has 8 nitrogen and oxygen atoms in total. The van der Waals surface area contributed by atoms with Crippen LogP contribution in [0.1, 0.15) is 47.6 Å². The Hall–Kier alpha value is -5.13. The summed E-state index contributed by atoms with van der Waals surface area (Å²) in [6, 6.07) is 34.2. The molecule has 8 heteroatoms. The third-order valence-corrected chi connectivity index (χ3v) is 10.6. The second-order valence-electron chi connectivity index (χ2n) is 13.6. The summed E-state index contributed by atoms with van der Waals surface area (Å²) in [6.45, 7) is 3.63. The minimum atomic E-state index is -0.903. The van der Waals surface area contributed by atoms with E-state index in [9.17, 15) is 20.0 Å². The molecule has 3 amide bonds. The number of nitriles is 1. The van der Waals surface area contributed by atoms with Gasteiger partial charge in [0.25, 0.3) is 0 Å². The molecule has 1 saturated heterocycles. The number of phenolic OH excluding ortho intramolecular Hbond substituents is 1. The molecule has 4 aromatic carbocycles. The number of hydrogen-bond acceptors (Lipinski definition) is 5. The maximum Gasteiger partial charge on any atom is 0.321 e. The van der Waals surface area contributed by atoms with Crippen LogP contribution in [-0.2, 0) is 22.0 Å². The predicted octanol–water partition coefficient (Wildman–Crippen LogP) is 6.15. The minimum Gasteiger partial charge on any atom is -0.508 e. The van der Waals surface area contributed by atoms with Gasteiger partial charge < -0.3 is 20.2 Å². The highest BCUT2D eigenvalue weighted by molar-refractivity contribution is 5.92. The highest BCUT2D eigenvalue weighted by Gasteiger charge is 2.54. The maximum atomic E-state index is 14.4. The summed E-state index contributed by atoms with van der Waals surface area (Å²) < 4.78 is 0. The van der Waals surface area contributed by atoms with Crippen molar-refractivity contribution >= 4 is 17.6 Å². The zero-order chi connectivity index (χ0) is 34.1. The molecule has 1 aliphatic carbocycles. The maximum absolute atomic E-state index is 14.4. The van der Waals surface area contributed by atoms with Crippen molar-refractivity contribution in [2.24, 2.45) is 0 Å². The number of benzene rings is 4. The molecule has 2 aliphatic rings. The molecule has 0 spiro atoms. The summed E-state index contributed by atoms with van der Waals surface area (Å²) in [6.07, 6.45) is 2.03. The average Bonchev–Trinajstić information content (AvgIpc) is 3.10. The van der Waals surface area contributed by atoms with Crippen molar-refractivity contribution in [3.63, 3.8) is 0 Å². The number of likely N-dealkylation sites (tertiary alicyclic amines) is 1. The quantitative estimate of drug-likeness (QED) is 0.241. The van der Waals surface area contributed by atoms with Crippen LogP contribution in [0.3, 0.4) is 0 Å². The Kier molecular flexibility index (Phi) is 9.00. The summed E-state index contributed by atoms with van der Waals surface area (Å²) in [4.78, 5) is 34.3. The van der Waals surface area contributed by atoms with Gasteiger partial charge in [-0.05, 0) is 84.5 Å². The molecule has 2 bridgehead atoms. The number of amides is 3. The molecule has 1 fully saturated rings. The van der Waals surface area contributed by atoms with Gasteiger partial charge in [0, 0.05) is 44.8 Å². The predicted molar refractivity (Wildman–Crippen MR) is 188 cm³/mol. The van der Waals surface area contributed by atoms with E-state index in [2.05, 4.69) is 47.5 Å². The van der Waals surface area contributed by atoms with Crippen LogP contribution in [-0.4, -0.2) is 78.1 Å². The molecule has 0 radical (unpaired) electrons. The van der Waals surface area contributed by atoms with Crippen molar-refractivity contribution in [2.45, 2.75) is 49.1 Å². The van der Waals surface area contributed by atoms with Gasteiger partial charge in [0.05, 0.1) is 17.7 Å². The summed E-state index contributed by atoms with van der Waals surface area (Å²) in [5.41, 5.74) is 3.98. The van der Waals surface area contributed by atoms with E-state index in [-0.39, 0.29) is 29.8 Å². The van der Waals surface area contributed by atoms with Crippen LogP contribution >= 0.6 is 0 Å². The smallest absolute Gasteiger partial charge is 0.321 e. The lowest BCUT2D eigenvalue weighted by Gasteiger charge is -2.58. The minimum absolute atomic E-state index is 0.0293. The molecule has 1 aliphatic heterocycles. The third-order valence-electron chi connectivity index (χ3n) is 10.6. The van der Waals surface area contributed by atoms with Gasteiger partial charge >= 0.3 is 6.03 Å². The Labute approximate surface area is 283 Å². The number of carbonyl (C=O) groups is 2. The molecular formula is C40H43N5O3. The van der Waals surface area contributed by atoms with Crippen molar-refractivity contribution in [1.82, 2.24) is 14.7 Å². The van der Waals surface area contributed by atoms with Crippen molar-refractivity contribution < 1.29 is 14.7 Å². The van der Waals surface area contributed by atoms with E-state index in [0.717, 1.165) is 29.7 Å². The number of nitrogens with one attached hydrogen (secondary N) is 1. The van der Waals surface area contributed by atoms with Crippen molar-refractivity contribution in [2.75, 3.05) is 39.5 Å². The van der Waals surface area contributed by atoms with Crippen LogP contribution in [0.25, 0.3) is 0 Å². The zero-order valence-electron chi connectivity index (χ0n) is 28.1. The third kappa shape index (κ3) is 5.80. The first-order valence-corrected chi connectivity index (χ1v) is 16.5. The van der Waals surface area contributed by atoms with Gasteiger partial charge in [-0.3, -0.25) is 9.69 Å². The number of aromatic hydroxyl groups is 1. The number of hydrogen-bond donors (Lipinski definition) is 2. The second-order valence-corrected chi connectivity index (χ2v) is 13.6. The number of carbonyl (C=O) groups excluding carboxylic acids is 2. The van der Waals surface area contributed by atoms with Gasteiger partial charge in [0.2, 0.25) is 5.91 Å². The number of piperidine rings is 1. The van der Waals surface area contributed by atoms with E-state index in [1.165, 1.54) is 5.56 Å². The summed E-state index contributed by atoms with van der Waals surface area (Å²) in [7, 11) is 5.49. The van der Waals surface area contributed by atoms with E-state index >= 15 is 0 Å². The first-order valence-electron chi connectivity index (χ1n) is 16.5. The second kappa shape index (κ2) is 13.2. The molecule has 0 saturated carbocycles. The van der Waals surface area contributed by atoms with E-state index < -0.39 is 10.8 Å². The average molecular weight is 642 g/mol. The lowest BCUT2D eigenvalue weighted by atomic mass is 9.61. The van der Waals surface area contributed by atoms with Gasteiger partial charge in [-0.25, -0.2) is 4.79 Å². The van der Waals surface area contributed by atoms with Gasteiger partial charge in [0.15, 0.2) is 0 Å². The first kappa shape index (κ1) is 32.8. The fraction of sp³-hybridized carbons (Fsp3) is 0.325. The Morgan fingerprint density at radius 3 is 2.17 bits per heavy atom. The molecule has 2 N–H and O–H groups in total. The molecular weight excluding hydrogens is 598 g/mol. The molecule has 0 aromatic heterocycles. The molecule has 48 heavy (non-hydrogen) atoms. The largest absolute Gasteiger partial charge is 0.508 e. The normalized spacial score (nSPS) is 20.2. The Morgan fingerprint density at radius 2 is 1.58 bits per heavy atom. The Bertz CT molecular complexity index is 1780. The van der Waals surface area contributed by atoms with Gasteiger partial charge in [-0.1, -0.05) is 73.7 Å². The number of phenols is 1. The van der Waals surface area contributed by atoms with E-state index in [1.807, 2.05) is 74.6 Å². The number of rotatable bonds is 8. The van der Waals surface area contributed by atoms with Crippen LogP contribution in [0.5, 0.6) is 5.75 Å². The Balaban J connectivity index is 1.37. The van der Waals surface area contributed by atoms with Crippen molar-refractivity contribution in [3.8, 4) is 11.8 Å². The number of nitrogens with zero attached hydrogens (tertiary/aromatic N) is 4. The van der Waals surface area contributed by atoms with Gasteiger partial charge in [-0.15, -0.1) is 0 Å². The lowest BCUT2D eigenvalue weighted by molar-refractivity contribution is -0.134. The molecule has 0 unspecified atom stereocenters. The topological polar surface area (TPSA) is 99.9 Å². The van der Waals surface area contributed by atoms with Crippen LogP contribution in [0.2, 0.25) is 0 Å². The SMILES string of the molecule is CN(C)C(=O)C(CCN1CC[C@@]2(C)c3cc(O)ccc3C[C@@H]1[C@H]2N(C)C(=O)Nc1ccc(C#N)cc1)(c1ccccc1)c1ccccc1. The lowest BCUT2D eigenvalue weighted by Crippen LogP contribution is -2.68. The molecule has 4 aromatic rings. The first-order chi connectivity index (χ1) is 23.1. The summed E-state index contributed by atoms with van der Waals surface area (Å²) in [5, 5.41) is 22.8. The van der Waals surface area contributed by atoms with E-state index in [1.54, 1.807) is 35.2 Å². The number of anilines is 1. The fourth-order valence-corrected chi connectivity index (χ4v) is 8.22. The van der Waals surface area contributed by atoms with E-state index in [0.29, 0.717) is 30.6 Å². The monoisotopic (exact) mass is 641 g/mol. The summed E-state index contributed by atoms with van der Waals surface area (Å²) >= 11 is 0. The van der Waals surface area contributed by atoms with Gasteiger partial charge in [-0.2, -0.15) is 5.26 Å². The molecule has 6 rings (SSSR count). The van der Waals surface area contributed by atoms with Crippen LogP contribution in [0.15, 0.2) is 103 Å².